The van der Waals surface area contributed by atoms with Crippen LogP contribution in [0.15, 0.2) is 54.6 Å². The summed E-state index contributed by atoms with van der Waals surface area (Å²) in [5.41, 5.74) is 7.26. The smallest absolute Gasteiger partial charge is 0.244 e. The number of rotatable bonds is 8. The van der Waals surface area contributed by atoms with Crippen molar-refractivity contribution in [1.29, 1.82) is 0 Å². The number of carbonyl (C=O) groups is 1. The van der Waals surface area contributed by atoms with Crippen molar-refractivity contribution in [3.05, 3.63) is 65.7 Å². The second kappa shape index (κ2) is 8.86. The number of nitrogens with one attached hydrogen (secondary N) is 1. The highest BCUT2D eigenvalue weighted by Gasteiger charge is 2.30. The third-order valence-electron chi connectivity index (χ3n) is 4.38. The average Bonchev–Trinajstić information content (AvgIpc) is 2.61. The molecule has 0 fully saturated rings. The fourth-order valence-corrected chi connectivity index (χ4v) is 2.75. The van der Waals surface area contributed by atoms with Crippen LogP contribution in [0.3, 0.4) is 0 Å². The minimum absolute atomic E-state index is 0.0423. The van der Waals surface area contributed by atoms with E-state index in [0.29, 0.717) is 0 Å². The maximum absolute atomic E-state index is 12.6. The zero-order valence-electron chi connectivity index (χ0n) is 16.2. The lowest BCUT2D eigenvalue weighted by molar-refractivity contribution is -0.126. The molecule has 4 heteroatoms. The SMILES string of the molecule is CC(CCc1ccc(OC(C)C)cc1)NC(=O)C(C)(N)c1ccccc1. The summed E-state index contributed by atoms with van der Waals surface area (Å²) in [4.78, 5) is 12.6. The molecular formula is C22H30N2O2. The first-order chi connectivity index (χ1) is 12.3. The van der Waals surface area contributed by atoms with Crippen molar-refractivity contribution in [3.63, 3.8) is 0 Å². The molecule has 2 unspecified atom stereocenters. The molecule has 0 aliphatic heterocycles. The first-order valence-electron chi connectivity index (χ1n) is 9.20. The van der Waals surface area contributed by atoms with Gasteiger partial charge in [0.05, 0.1) is 6.10 Å². The van der Waals surface area contributed by atoms with Gasteiger partial charge in [-0.25, -0.2) is 0 Å². The predicted octanol–water partition coefficient (Wildman–Crippen LogP) is 3.79. The van der Waals surface area contributed by atoms with Gasteiger partial charge in [-0.1, -0.05) is 42.5 Å². The van der Waals surface area contributed by atoms with Crippen LogP contribution < -0.4 is 15.8 Å². The standard InChI is InChI=1S/C22H30N2O2/c1-16(2)26-20-14-12-18(13-15-20)11-10-17(3)24-21(25)22(4,23)19-8-6-5-7-9-19/h5-9,12-17H,10-11,23H2,1-4H3,(H,24,25). The Kier molecular flexibility index (Phi) is 6.81. The number of aryl methyl sites for hydroxylation is 1. The Bertz CT molecular complexity index is 694. The lowest BCUT2D eigenvalue weighted by Gasteiger charge is -2.26. The predicted molar refractivity (Wildman–Crippen MR) is 106 cm³/mol. The minimum Gasteiger partial charge on any atom is -0.491 e. The van der Waals surface area contributed by atoms with Gasteiger partial charge in [-0.2, -0.15) is 0 Å². The largest absolute Gasteiger partial charge is 0.491 e. The van der Waals surface area contributed by atoms with Crippen molar-refractivity contribution < 1.29 is 9.53 Å². The quantitative estimate of drug-likeness (QED) is 0.758. The Hall–Kier alpha value is -2.33. The normalized spacial score (nSPS) is 14.5. The van der Waals surface area contributed by atoms with Gasteiger partial charge in [0.25, 0.3) is 0 Å². The van der Waals surface area contributed by atoms with E-state index in [0.717, 1.165) is 24.2 Å². The molecule has 0 aliphatic carbocycles. The van der Waals surface area contributed by atoms with E-state index >= 15 is 0 Å². The number of hydrogen-bond donors (Lipinski definition) is 2. The summed E-state index contributed by atoms with van der Waals surface area (Å²) in [6, 6.07) is 17.6. The first kappa shape index (κ1) is 20.0. The van der Waals surface area contributed by atoms with Crippen molar-refractivity contribution in [3.8, 4) is 5.75 Å². The summed E-state index contributed by atoms with van der Waals surface area (Å²) in [6.07, 6.45) is 1.91. The number of ether oxygens (including phenoxy) is 1. The summed E-state index contributed by atoms with van der Waals surface area (Å²) in [6.45, 7) is 7.78. The summed E-state index contributed by atoms with van der Waals surface area (Å²) in [7, 11) is 0. The molecular weight excluding hydrogens is 324 g/mol. The summed E-state index contributed by atoms with van der Waals surface area (Å²) in [5.74, 6) is 0.726. The summed E-state index contributed by atoms with van der Waals surface area (Å²) < 4.78 is 5.66. The minimum atomic E-state index is -1.04. The van der Waals surface area contributed by atoms with Crippen LogP contribution in [0, 0.1) is 0 Å². The lowest BCUT2D eigenvalue weighted by Crippen LogP contribution is -2.51. The number of hydrogen-bond acceptors (Lipinski definition) is 3. The topological polar surface area (TPSA) is 64.3 Å². The van der Waals surface area contributed by atoms with Crippen LogP contribution in [-0.4, -0.2) is 18.1 Å². The van der Waals surface area contributed by atoms with Crippen molar-refractivity contribution in [1.82, 2.24) is 5.32 Å². The molecule has 0 spiro atoms. The summed E-state index contributed by atoms with van der Waals surface area (Å²) >= 11 is 0. The zero-order valence-corrected chi connectivity index (χ0v) is 16.2. The fraction of sp³-hybridized carbons (Fsp3) is 0.409. The van der Waals surface area contributed by atoms with Crippen LogP contribution in [0.1, 0.15) is 45.2 Å². The molecule has 0 saturated carbocycles. The van der Waals surface area contributed by atoms with E-state index in [4.69, 9.17) is 10.5 Å². The molecule has 2 rings (SSSR count). The third-order valence-corrected chi connectivity index (χ3v) is 4.38. The van der Waals surface area contributed by atoms with E-state index in [-0.39, 0.29) is 18.1 Å². The molecule has 2 aromatic carbocycles. The zero-order chi connectivity index (χ0) is 19.2. The van der Waals surface area contributed by atoms with Gasteiger partial charge >= 0.3 is 0 Å². The van der Waals surface area contributed by atoms with E-state index in [9.17, 15) is 4.79 Å². The van der Waals surface area contributed by atoms with Crippen LogP contribution >= 0.6 is 0 Å². The molecule has 1 amide bonds. The second-order valence-corrected chi connectivity index (χ2v) is 7.29. The van der Waals surface area contributed by atoms with Crippen molar-refractivity contribution >= 4 is 5.91 Å². The highest BCUT2D eigenvalue weighted by molar-refractivity contribution is 5.87. The Morgan fingerprint density at radius 1 is 1.08 bits per heavy atom. The molecule has 3 N–H and O–H groups in total. The number of benzene rings is 2. The maximum Gasteiger partial charge on any atom is 0.244 e. The van der Waals surface area contributed by atoms with E-state index in [1.54, 1.807) is 6.92 Å². The molecule has 2 atom stereocenters. The van der Waals surface area contributed by atoms with Crippen LogP contribution in [0.4, 0.5) is 0 Å². The monoisotopic (exact) mass is 354 g/mol. The van der Waals surface area contributed by atoms with Gasteiger partial charge in [-0.05, 0) is 63.8 Å². The van der Waals surface area contributed by atoms with Gasteiger partial charge in [0.15, 0.2) is 0 Å². The van der Waals surface area contributed by atoms with Gasteiger partial charge in [0.2, 0.25) is 5.91 Å². The van der Waals surface area contributed by atoms with Crippen molar-refractivity contribution in [2.24, 2.45) is 5.73 Å². The van der Waals surface area contributed by atoms with Crippen LogP contribution in [-0.2, 0) is 16.8 Å². The highest BCUT2D eigenvalue weighted by atomic mass is 16.5. The van der Waals surface area contributed by atoms with Crippen molar-refractivity contribution in [2.75, 3.05) is 0 Å². The van der Waals surface area contributed by atoms with E-state index in [1.807, 2.05) is 63.2 Å². The average molecular weight is 354 g/mol. The van der Waals surface area contributed by atoms with Crippen LogP contribution in [0.25, 0.3) is 0 Å². The molecule has 0 radical (unpaired) electrons. The van der Waals surface area contributed by atoms with Gasteiger partial charge in [-0.3, -0.25) is 4.79 Å². The molecule has 0 aromatic heterocycles. The molecule has 4 nitrogen and oxygen atoms in total. The maximum atomic E-state index is 12.6. The first-order valence-corrected chi connectivity index (χ1v) is 9.20. The Balaban J connectivity index is 1.86. The molecule has 140 valence electrons. The lowest BCUT2D eigenvalue weighted by atomic mass is 9.92. The molecule has 0 saturated heterocycles. The van der Waals surface area contributed by atoms with Crippen LogP contribution in [0.2, 0.25) is 0 Å². The summed E-state index contributed by atoms with van der Waals surface area (Å²) in [5, 5.41) is 3.04. The molecule has 26 heavy (non-hydrogen) atoms. The van der Waals surface area contributed by atoms with Crippen molar-refractivity contribution in [2.45, 2.75) is 58.2 Å². The number of carbonyl (C=O) groups excluding carboxylic acids is 1. The highest BCUT2D eigenvalue weighted by Crippen LogP contribution is 2.18. The van der Waals surface area contributed by atoms with Gasteiger partial charge in [0.1, 0.15) is 11.3 Å². The fourth-order valence-electron chi connectivity index (χ4n) is 2.75. The molecule has 2 aromatic rings. The van der Waals surface area contributed by atoms with Gasteiger partial charge < -0.3 is 15.8 Å². The van der Waals surface area contributed by atoms with E-state index < -0.39 is 5.54 Å². The molecule has 0 heterocycles. The number of amides is 1. The van der Waals surface area contributed by atoms with Gasteiger partial charge in [0, 0.05) is 6.04 Å². The van der Waals surface area contributed by atoms with E-state index in [2.05, 4.69) is 17.4 Å². The Morgan fingerprint density at radius 2 is 1.69 bits per heavy atom. The Morgan fingerprint density at radius 3 is 2.27 bits per heavy atom. The molecule has 0 bridgehead atoms. The molecule has 0 aliphatic rings. The van der Waals surface area contributed by atoms with E-state index in [1.165, 1.54) is 5.56 Å². The third kappa shape index (κ3) is 5.60. The number of nitrogens with two attached hydrogens (primary N) is 1. The van der Waals surface area contributed by atoms with Gasteiger partial charge in [-0.15, -0.1) is 0 Å². The Labute approximate surface area is 156 Å². The second-order valence-electron chi connectivity index (χ2n) is 7.29. The van der Waals surface area contributed by atoms with Crippen LogP contribution in [0.5, 0.6) is 5.75 Å².